The van der Waals surface area contributed by atoms with Gasteiger partial charge in [0.05, 0.1) is 12.0 Å². The molecule has 4 N–H and O–H groups in total. The number of nitrogens with two attached hydrogens (primary N) is 1. The number of carbonyl (C=O) groups is 1. The molecule has 1 saturated carbocycles. The minimum absolute atomic E-state index is 0. The van der Waals surface area contributed by atoms with Crippen molar-refractivity contribution in [3.63, 3.8) is 0 Å². The topological polar surface area (TPSA) is 70.9 Å². The van der Waals surface area contributed by atoms with Crippen LogP contribution < -0.4 is 11.1 Å². The number of nitrogens with one attached hydrogen (secondary N) is 2. The molecular formula is C18H23ClF3N3O. The molecule has 1 aromatic heterocycles. The molecule has 8 heteroatoms. The van der Waals surface area contributed by atoms with Gasteiger partial charge in [-0.25, -0.2) is 0 Å². The largest absolute Gasteiger partial charge is 0.391 e. The van der Waals surface area contributed by atoms with E-state index in [0.29, 0.717) is 19.3 Å². The van der Waals surface area contributed by atoms with E-state index in [0.717, 1.165) is 16.5 Å². The molecule has 0 saturated heterocycles. The van der Waals surface area contributed by atoms with Crippen molar-refractivity contribution in [2.75, 3.05) is 0 Å². The molecule has 3 rings (SSSR count). The fraction of sp³-hybridized carbons (Fsp3) is 0.500. The van der Waals surface area contributed by atoms with Crippen molar-refractivity contribution in [3.05, 3.63) is 36.0 Å². The molecule has 0 bridgehead atoms. The maximum Gasteiger partial charge on any atom is 0.391 e. The Balaban J connectivity index is 0.00000243. The lowest BCUT2D eigenvalue weighted by Crippen LogP contribution is -2.48. The number of halogens is 4. The summed E-state index contributed by atoms with van der Waals surface area (Å²) in [6, 6.07) is 6.46. The Morgan fingerprint density at radius 3 is 2.77 bits per heavy atom. The van der Waals surface area contributed by atoms with Crippen LogP contribution in [-0.4, -0.2) is 29.2 Å². The molecule has 1 amide bonds. The molecule has 1 fully saturated rings. The van der Waals surface area contributed by atoms with Gasteiger partial charge in [0.1, 0.15) is 0 Å². The lowest BCUT2D eigenvalue weighted by molar-refractivity contribution is -0.184. The average Bonchev–Trinajstić information content (AvgIpc) is 2.97. The van der Waals surface area contributed by atoms with Gasteiger partial charge >= 0.3 is 6.18 Å². The van der Waals surface area contributed by atoms with Crippen molar-refractivity contribution in [2.45, 2.75) is 50.4 Å². The zero-order valence-electron chi connectivity index (χ0n) is 14.2. The Bertz CT molecular complexity index is 747. The van der Waals surface area contributed by atoms with Gasteiger partial charge in [-0.05, 0) is 37.3 Å². The van der Waals surface area contributed by atoms with Crippen molar-refractivity contribution < 1.29 is 18.0 Å². The molecule has 1 heterocycles. The van der Waals surface area contributed by atoms with E-state index < -0.39 is 30.1 Å². The van der Waals surface area contributed by atoms with E-state index >= 15 is 0 Å². The number of carbonyl (C=O) groups excluding carboxylic acids is 1. The summed E-state index contributed by atoms with van der Waals surface area (Å²) in [4.78, 5) is 15.4. The van der Waals surface area contributed by atoms with Gasteiger partial charge in [-0.15, -0.1) is 12.4 Å². The van der Waals surface area contributed by atoms with E-state index in [-0.39, 0.29) is 25.2 Å². The SMILES string of the molecule is Cl.N[C@@H](Cc1c[nH]c2ccccc12)C(=O)NC1CCCC(C(F)(F)F)C1. The predicted octanol–water partition coefficient (Wildman–Crippen LogP) is 3.70. The number of aromatic amines is 1. The van der Waals surface area contributed by atoms with Crippen LogP contribution in [0.15, 0.2) is 30.5 Å². The van der Waals surface area contributed by atoms with Crippen LogP contribution in [0.3, 0.4) is 0 Å². The van der Waals surface area contributed by atoms with Gasteiger partial charge in [0, 0.05) is 23.1 Å². The predicted molar refractivity (Wildman–Crippen MR) is 97.2 cm³/mol. The first kappa shape index (κ1) is 20.6. The number of H-pyrrole nitrogens is 1. The van der Waals surface area contributed by atoms with Crippen molar-refractivity contribution in [1.29, 1.82) is 0 Å². The number of hydrogen-bond acceptors (Lipinski definition) is 2. The lowest BCUT2D eigenvalue weighted by Gasteiger charge is -2.31. The number of amides is 1. The van der Waals surface area contributed by atoms with Crippen LogP contribution in [0.25, 0.3) is 10.9 Å². The van der Waals surface area contributed by atoms with Gasteiger partial charge in [0.2, 0.25) is 5.91 Å². The molecule has 144 valence electrons. The van der Waals surface area contributed by atoms with Gasteiger partial charge in [0.15, 0.2) is 0 Å². The molecule has 1 aromatic carbocycles. The first-order valence-electron chi connectivity index (χ1n) is 8.52. The van der Waals surface area contributed by atoms with Gasteiger partial charge < -0.3 is 16.0 Å². The van der Waals surface area contributed by atoms with Crippen molar-refractivity contribution >= 4 is 29.2 Å². The molecule has 2 aromatic rings. The highest BCUT2D eigenvalue weighted by Gasteiger charge is 2.42. The number of aromatic nitrogens is 1. The summed E-state index contributed by atoms with van der Waals surface area (Å²) in [5.74, 6) is -1.73. The van der Waals surface area contributed by atoms with Gasteiger partial charge in [0.25, 0.3) is 0 Å². The molecule has 4 nitrogen and oxygen atoms in total. The number of alkyl halides is 3. The number of para-hydroxylation sites is 1. The maximum absolute atomic E-state index is 12.9. The Labute approximate surface area is 156 Å². The highest BCUT2D eigenvalue weighted by Crippen LogP contribution is 2.37. The molecule has 1 aliphatic carbocycles. The van der Waals surface area contributed by atoms with Crippen LogP contribution in [0, 0.1) is 5.92 Å². The first-order chi connectivity index (χ1) is 11.8. The van der Waals surface area contributed by atoms with E-state index in [1.165, 1.54) is 0 Å². The summed E-state index contributed by atoms with van der Waals surface area (Å²) >= 11 is 0. The third kappa shape index (κ3) is 4.71. The van der Waals surface area contributed by atoms with Crippen LogP contribution >= 0.6 is 12.4 Å². The van der Waals surface area contributed by atoms with Gasteiger partial charge in [-0.2, -0.15) is 13.2 Å². The number of rotatable bonds is 4. The minimum atomic E-state index is -4.20. The van der Waals surface area contributed by atoms with E-state index in [1.807, 2.05) is 30.5 Å². The van der Waals surface area contributed by atoms with Crippen molar-refractivity contribution in [3.8, 4) is 0 Å². The number of benzene rings is 1. The summed E-state index contributed by atoms with van der Waals surface area (Å²) in [5, 5.41) is 3.71. The van der Waals surface area contributed by atoms with E-state index in [4.69, 9.17) is 5.73 Å². The summed E-state index contributed by atoms with van der Waals surface area (Å²) in [7, 11) is 0. The fourth-order valence-corrected chi connectivity index (χ4v) is 3.56. The second-order valence-electron chi connectivity index (χ2n) is 6.78. The normalized spacial score (nSPS) is 21.8. The lowest BCUT2D eigenvalue weighted by atomic mass is 9.85. The molecular weight excluding hydrogens is 367 g/mol. The first-order valence-corrected chi connectivity index (χ1v) is 8.52. The second kappa shape index (κ2) is 8.31. The smallest absolute Gasteiger partial charge is 0.361 e. The average molecular weight is 390 g/mol. The summed E-state index contributed by atoms with van der Waals surface area (Å²) in [6.07, 6.45) is -0.934. The molecule has 26 heavy (non-hydrogen) atoms. The molecule has 0 radical (unpaired) electrons. The van der Waals surface area contributed by atoms with Crippen molar-refractivity contribution in [2.24, 2.45) is 11.7 Å². The minimum Gasteiger partial charge on any atom is -0.361 e. The monoisotopic (exact) mass is 389 g/mol. The Morgan fingerprint density at radius 1 is 1.31 bits per heavy atom. The van der Waals surface area contributed by atoms with Crippen LogP contribution in [0.4, 0.5) is 13.2 Å². The van der Waals surface area contributed by atoms with Gasteiger partial charge in [-0.1, -0.05) is 24.6 Å². The summed E-state index contributed by atoms with van der Waals surface area (Å²) in [5.41, 5.74) is 7.88. The summed E-state index contributed by atoms with van der Waals surface area (Å²) in [6.45, 7) is 0. The molecule has 0 spiro atoms. The molecule has 0 aliphatic heterocycles. The van der Waals surface area contributed by atoms with E-state index in [1.54, 1.807) is 0 Å². The standard InChI is InChI=1S/C18H22F3N3O.ClH/c19-18(20,21)12-4-3-5-13(9-12)24-17(25)15(22)8-11-10-23-16-7-2-1-6-14(11)16;/h1-2,6-7,10,12-13,15,23H,3-5,8-9,22H2,(H,24,25);1H/t12?,13?,15-;/m0./s1. The zero-order valence-corrected chi connectivity index (χ0v) is 15.0. The van der Waals surface area contributed by atoms with Crippen molar-refractivity contribution in [1.82, 2.24) is 10.3 Å². The summed E-state index contributed by atoms with van der Waals surface area (Å²) < 4.78 is 38.6. The Morgan fingerprint density at radius 2 is 2.04 bits per heavy atom. The van der Waals surface area contributed by atoms with Crippen LogP contribution in [0.5, 0.6) is 0 Å². The molecule has 1 aliphatic rings. The molecule has 2 unspecified atom stereocenters. The molecule has 3 atom stereocenters. The van der Waals surface area contributed by atoms with Gasteiger partial charge in [-0.3, -0.25) is 4.79 Å². The van der Waals surface area contributed by atoms with Crippen LogP contribution in [0.1, 0.15) is 31.2 Å². The Hall–Kier alpha value is -1.73. The quantitative estimate of drug-likeness (QED) is 0.746. The van der Waals surface area contributed by atoms with Crippen LogP contribution in [-0.2, 0) is 11.2 Å². The Kier molecular flexibility index (Phi) is 6.58. The zero-order chi connectivity index (χ0) is 18.0. The maximum atomic E-state index is 12.9. The van der Waals surface area contributed by atoms with E-state index in [9.17, 15) is 18.0 Å². The number of hydrogen-bond donors (Lipinski definition) is 3. The number of fused-ring (bicyclic) bond motifs is 1. The van der Waals surface area contributed by atoms with Crippen LogP contribution in [0.2, 0.25) is 0 Å². The second-order valence-corrected chi connectivity index (χ2v) is 6.78. The highest BCUT2D eigenvalue weighted by atomic mass is 35.5. The third-order valence-electron chi connectivity index (χ3n) is 4.94. The highest BCUT2D eigenvalue weighted by molar-refractivity contribution is 5.86. The fourth-order valence-electron chi connectivity index (χ4n) is 3.56. The third-order valence-corrected chi connectivity index (χ3v) is 4.94. The van der Waals surface area contributed by atoms with E-state index in [2.05, 4.69) is 10.3 Å².